The molecular weight excluding hydrogens is 182 g/mol. The molecule has 1 unspecified atom stereocenters. The molecule has 0 aliphatic heterocycles. The van der Waals surface area contributed by atoms with Crippen LogP contribution in [0.4, 0.5) is 0 Å². The van der Waals surface area contributed by atoms with Gasteiger partial charge in [-0.1, -0.05) is 24.3 Å². The Kier molecular flexibility index (Phi) is 3.62. The van der Waals surface area contributed by atoms with Gasteiger partial charge in [-0.25, -0.2) is 10.7 Å². The molecule has 0 amide bonds. The van der Waals surface area contributed by atoms with Gasteiger partial charge in [0.15, 0.2) is 0 Å². The maximum absolute atomic E-state index is 11.3. The number of aryl methyl sites for hydroxylation is 1. The quantitative estimate of drug-likeness (QED) is 0.579. The molecule has 76 valence electrons. The fourth-order valence-electron chi connectivity index (χ4n) is 1.24. The lowest BCUT2D eigenvalue weighted by Crippen LogP contribution is -2.21. The molecule has 0 aromatic heterocycles. The Morgan fingerprint density at radius 3 is 2.57 bits per heavy atom. The number of benzene rings is 1. The van der Waals surface area contributed by atoms with E-state index in [4.69, 9.17) is 5.90 Å². The van der Waals surface area contributed by atoms with Crippen LogP contribution >= 0.6 is 0 Å². The summed E-state index contributed by atoms with van der Waals surface area (Å²) >= 11 is 0. The highest BCUT2D eigenvalue weighted by Crippen LogP contribution is 2.20. The second-order valence-corrected chi connectivity index (χ2v) is 2.90. The van der Waals surface area contributed by atoms with Crippen LogP contribution in [0.15, 0.2) is 24.3 Å². The standard InChI is InChI=1S/C10H13NO3/c1-7-5-3-4-6-8(7)9(14-11)10(12)13-2/h3-6,9H,11H2,1-2H3. The molecule has 1 atom stereocenters. The zero-order valence-electron chi connectivity index (χ0n) is 8.19. The number of methoxy groups -OCH3 is 1. The number of hydrogen-bond acceptors (Lipinski definition) is 4. The second kappa shape index (κ2) is 4.74. The third-order valence-corrected chi connectivity index (χ3v) is 2.02. The van der Waals surface area contributed by atoms with Crippen LogP contribution in [0.1, 0.15) is 17.2 Å². The molecule has 0 radical (unpaired) electrons. The molecule has 0 saturated carbocycles. The molecule has 4 heteroatoms. The Bertz CT molecular complexity index is 325. The van der Waals surface area contributed by atoms with Gasteiger partial charge in [0.25, 0.3) is 0 Å². The van der Waals surface area contributed by atoms with E-state index < -0.39 is 12.1 Å². The predicted octanol–water partition coefficient (Wildman–Crippen LogP) is 1.10. The van der Waals surface area contributed by atoms with Gasteiger partial charge in [0.05, 0.1) is 7.11 Å². The minimum Gasteiger partial charge on any atom is -0.467 e. The highest BCUT2D eigenvalue weighted by atomic mass is 16.6. The van der Waals surface area contributed by atoms with Crippen molar-refractivity contribution in [2.45, 2.75) is 13.0 Å². The smallest absolute Gasteiger partial charge is 0.341 e. The molecule has 1 aromatic rings. The third kappa shape index (κ3) is 2.10. The second-order valence-electron chi connectivity index (χ2n) is 2.90. The highest BCUT2D eigenvalue weighted by molar-refractivity contribution is 5.76. The van der Waals surface area contributed by atoms with Gasteiger partial charge in [0, 0.05) is 0 Å². The molecule has 1 rings (SSSR count). The van der Waals surface area contributed by atoms with Crippen molar-refractivity contribution in [3.8, 4) is 0 Å². The SMILES string of the molecule is COC(=O)C(ON)c1ccccc1C. The lowest BCUT2D eigenvalue weighted by molar-refractivity contribution is -0.155. The molecule has 14 heavy (non-hydrogen) atoms. The van der Waals surface area contributed by atoms with E-state index in [0.29, 0.717) is 0 Å². The summed E-state index contributed by atoms with van der Waals surface area (Å²) in [4.78, 5) is 15.9. The number of carbonyl (C=O) groups excluding carboxylic acids is 1. The summed E-state index contributed by atoms with van der Waals surface area (Å²) in [7, 11) is 1.30. The van der Waals surface area contributed by atoms with Crippen LogP contribution in [0.5, 0.6) is 0 Å². The van der Waals surface area contributed by atoms with E-state index in [1.807, 2.05) is 25.1 Å². The molecule has 1 aromatic carbocycles. The maximum Gasteiger partial charge on any atom is 0.341 e. The number of ether oxygens (including phenoxy) is 1. The molecule has 0 aliphatic rings. The molecule has 0 heterocycles. The minimum absolute atomic E-state index is 0.498. The van der Waals surface area contributed by atoms with Crippen molar-refractivity contribution >= 4 is 5.97 Å². The summed E-state index contributed by atoms with van der Waals surface area (Å²) in [5.74, 6) is 4.55. The summed E-state index contributed by atoms with van der Waals surface area (Å²) in [6, 6.07) is 7.36. The Balaban J connectivity index is 3.01. The van der Waals surface area contributed by atoms with E-state index in [1.54, 1.807) is 6.07 Å². The van der Waals surface area contributed by atoms with Gasteiger partial charge in [-0.15, -0.1) is 0 Å². The van der Waals surface area contributed by atoms with Crippen molar-refractivity contribution < 1.29 is 14.4 Å². The summed E-state index contributed by atoms with van der Waals surface area (Å²) in [6.45, 7) is 1.88. The Morgan fingerprint density at radius 1 is 1.43 bits per heavy atom. The Morgan fingerprint density at radius 2 is 2.07 bits per heavy atom. The fourth-order valence-corrected chi connectivity index (χ4v) is 1.24. The summed E-state index contributed by atoms with van der Waals surface area (Å²) in [5, 5.41) is 0. The van der Waals surface area contributed by atoms with Crippen molar-refractivity contribution in [3.63, 3.8) is 0 Å². The predicted molar refractivity (Wildman–Crippen MR) is 51.2 cm³/mol. The number of rotatable bonds is 3. The van der Waals surface area contributed by atoms with Gasteiger partial charge in [0.1, 0.15) is 0 Å². The van der Waals surface area contributed by atoms with Gasteiger partial charge in [-0.3, -0.25) is 4.84 Å². The molecule has 0 spiro atoms. The summed E-state index contributed by atoms with van der Waals surface area (Å²) in [6.07, 6.45) is -0.846. The first-order valence-corrected chi connectivity index (χ1v) is 4.19. The van der Waals surface area contributed by atoms with Crippen LogP contribution in [0.25, 0.3) is 0 Å². The van der Waals surface area contributed by atoms with Crippen molar-refractivity contribution in [3.05, 3.63) is 35.4 Å². The van der Waals surface area contributed by atoms with Crippen molar-refractivity contribution in [1.29, 1.82) is 0 Å². The first-order chi connectivity index (χ1) is 6.70. The van der Waals surface area contributed by atoms with Crippen LogP contribution in [-0.2, 0) is 14.4 Å². The normalized spacial score (nSPS) is 12.2. The van der Waals surface area contributed by atoms with E-state index in [2.05, 4.69) is 9.57 Å². The monoisotopic (exact) mass is 195 g/mol. The van der Waals surface area contributed by atoms with Crippen LogP contribution in [0, 0.1) is 6.92 Å². The lowest BCUT2D eigenvalue weighted by atomic mass is 10.0. The number of nitrogens with two attached hydrogens (primary N) is 1. The molecule has 0 aliphatic carbocycles. The zero-order chi connectivity index (χ0) is 10.6. The number of esters is 1. The van der Waals surface area contributed by atoms with Crippen LogP contribution in [0.2, 0.25) is 0 Å². The topological polar surface area (TPSA) is 61.5 Å². The fraction of sp³-hybridized carbons (Fsp3) is 0.300. The Hall–Kier alpha value is -1.39. The van der Waals surface area contributed by atoms with Gasteiger partial charge in [-0.05, 0) is 18.1 Å². The number of carbonyl (C=O) groups is 1. The molecule has 2 N–H and O–H groups in total. The molecule has 0 saturated heterocycles. The van der Waals surface area contributed by atoms with E-state index in [0.717, 1.165) is 11.1 Å². The lowest BCUT2D eigenvalue weighted by Gasteiger charge is -2.14. The maximum atomic E-state index is 11.3. The summed E-state index contributed by atoms with van der Waals surface area (Å²) in [5.41, 5.74) is 1.66. The third-order valence-electron chi connectivity index (χ3n) is 2.02. The van der Waals surface area contributed by atoms with E-state index in [-0.39, 0.29) is 0 Å². The first kappa shape index (κ1) is 10.7. The van der Waals surface area contributed by atoms with Crippen LogP contribution < -0.4 is 5.90 Å². The largest absolute Gasteiger partial charge is 0.467 e. The average molecular weight is 195 g/mol. The molecular formula is C10H13NO3. The minimum atomic E-state index is -0.846. The van der Waals surface area contributed by atoms with Gasteiger partial charge < -0.3 is 4.74 Å². The van der Waals surface area contributed by atoms with Crippen LogP contribution in [0.3, 0.4) is 0 Å². The summed E-state index contributed by atoms with van der Waals surface area (Å²) < 4.78 is 4.57. The van der Waals surface area contributed by atoms with E-state index in [1.165, 1.54) is 7.11 Å². The van der Waals surface area contributed by atoms with Gasteiger partial charge in [-0.2, -0.15) is 0 Å². The van der Waals surface area contributed by atoms with Crippen molar-refractivity contribution in [1.82, 2.24) is 0 Å². The Labute approximate surface area is 82.6 Å². The van der Waals surface area contributed by atoms with E-state index in [9.17, 15) is 4.79 Å². The first-order valence-electron chi connectivity index (χ1n) is 4.19. The van der Waals surface area contributed by atoms with Gasteiger partial charge in [0.2, 0.25) is 6.10 Å². The van der Waals surface area contributed by atoms with Gasteiger partial charge >= 0.3 is 5.97 Å². The molecule has 0 bridgehead atoms. The molecule has 0 fully saturated rings. The zero-order valence-corrected chi connectivity index (χ0v) is 8.19. The number of hydrogen-bond donors (Lipinski definition) is 1. The van der Waals surface area contributed by atoms with Crippen LogP contribution in [-0.4, -0.2) is 13.1 Å². The van der Waals surface area contributed by atoms with Crippen molar-refractivity contribution in [2.24, 2.45) is 5.90 Å². The highest BCUT2D eigenvalue weighted by Gasteiger charge is 2.22. The van der Waals surface area contributed by atoms with Crippen molar-refractivity contribution in [2.75, 3.05) is 7.11 Å². The molecule has 4 nitrogen and oxygen atoms in total. The average Bonchev–Trinajstić information content (AvgIpc) is 2.21. The van der Waals surface area contributed by atoms with E-state index >= 15 is 0 Å².